The molecule has 0 atom stereocenters. The molecule has 2 amide bonds. The summed E-state index contributed by atoms with van der Waals surface area (Å²) in [5.74, 6) is -1.27. The largest absolute Gasteiger partial charge is 0.447 e. The average molecular weight is 371 g/mol. The van der Waals surface area contributed by atoms with Crippen molar-refractivity contribution in [2.75, 3.05) is 23.4 Å². The number of nitrogens with one attached hydrogen (secondary N) is 1. The number of benzene rings is 2. The number of rotatable bonds is 5. The molecule has 2 aromatic carbocycles. The standard InChI is InChI=1S/C18H14FN3O5/c19-13-6-4-12(16(10-13)22(25)26)5-7-17(23)20-14-2-1-3-15(11-14)21-8-9-27-18(21)24/h1-7,10-11H,8-9H2,(H,20,23). The molecule has 1 fully saturated rings. The van der Waals surface area contributed by atoms with Gasteiger partial charge in [-0.1, -0.05) is 6.07 Å². The summed E-state index contributed by atoms with van der Waals surface area (Å²) >= 11 is 0. The van der Waals surface area contributed by atoms with Crippen LogP contribution in [0.2, 0.25) is 0 Å². The third-order valence-corrected chi connectivity index (χ3v) is 3.79. The number of nitrogens with zero attached hydrogens (tertiary/aromatic N) is 2. The van der Waals surface area contributed by atoms with Gasteiger partial charge in [0, 0.05) is 17.5 Å². The molecule has 1 aliphatic heterocycles. The zero-order valence-corrected chi connectivity index (χ0v) is 13.9. The number of anilines is 2. The van der Waals surface area contributed by atoms with Gasteiger partial charge >= 0.3 is 6.09 Å². The topological polar surface area (TPSA) is 102 Å². The third-order valence-electron chi connectivity index (χ3n) is 3.79. The summed E-state index contributed by atoms with van der Waals surface area (Å²) in [6.45, 7) is 0.721. The quantitative estimate of drug-likeness (QED) is 0.493. The Kier molecular flexibility index (Phi) is 5.11. The minimum atomic E-state index is -0.736. The van der Waals surface area contributed by atoms with Crippen molar-refractivity contribution in [3.8, 4) is 0 Å². The van der Waals surface area contributed by atoms with Crippen LogP contribution in [-0.4, -0.2) is 30.1 Å². The van der Waals surface area contributed by atoms with Gasteiger partial charge in [0.15, 0.2) is 0 Å². The van der Waals surface area contributed by atoms with Crippen LogP contribution in [0.4, 0.5) is 26.2 Å². The first-order valence-electron chi connectivity index (χ1n) is 7.91. The van der Waals surface area contributed by atoms with E-state index < -0.39 is 28.4 Å². The van der Waals surface area contributed by atoms with E-state index in [0.29, 0.717) is 24.5 Å². The Morgan fingerprint density at radius 3 is 2.81 bits per heavy atom. The van der Waals surface area contributed by atoms with E-state index in [4.69, 9.17) is 4.74 Å². The van der Waals surface area contributed by atoms with Crippen molar-refractivity contribution in [2.45, 2.75) is 0 Å². The van der Waals surface area contributed by atoms with Gasteiger partial charge in [-0.3, -0.25) is 19.8 Å². The van der Waals surface area contributed by atoms with Crippen LogP contribution in [0.1, 0.15) is 5.56 Å². The van der Waals surface area contributed by atoms with E-state index in [9.17, 15) is 24.1 Å². The molecular weight excluding hydrogens is 357 g/mol. The van der Waals surface area contributed by atoms with Gasteiger partial charge in [0.05, 0.1) is 23.1 Å². The summed E-state index contributed by atoms with van der Waals surface area (Å²) in [5.41, 5.74) is 0.683. The number of carbonyl (C=O) groups is 2. The first kappa shape index (κ1) is 18.1. The Hall–Kier alpha value is -3.75. The van der Waals surface area contributed by atoms with Gasteiger partial charge in [0.25, 0.3) is 5.69 Å². The summed E-state index contributed by atoms with van der Waals surface area (Å²) in [6.07, 6.45) is 1.88. The Labute approximate surface area is 153 Å². The molecule has 1 heterocycles. The second-order valence-corrected chi connectivity index (χ2v) is 5.60. The minimum absolute atomic E-state index is 0.102. The molecule has 0 saturated carbocycles. The lowest BCUT2D eigenvalue weighted by Crippen LogP contribution is -2.23. The molecule has 1 N–H and O–H groups in total. The van der Waals surface area contributed by atoms with Crippen LogP contribution in [-0.2, 0) is 9.53 Å². The Morgan fingerprint density at radius 2 is 2.11 bits per heavy atom. The van der Waals surface area contributed by atoms with Crippen molar-refractivity contribution >= 4 is 35.1 Å². The average Bonchev–Trinajstić information content (AvgIpc) is 3.06. The molecule has 138 valence electrons. The highest BCUT2D eigenvalue weighted by Crippen LogP contribution is 2.23. The molecule has 27 heavy (non-hydrogen) atoms. The lowest BCUT2D eigenvalue weighted by atomic mass is 10.1. The number of halogens is 1. The Bertz CT molecular complexity index is 944. The molecule has 9 heteroatoms. The molecule has 0 spiro atoms. The summed E-state index contributed by atoms with van der Waals surface area (Å²) in [6, 6.07) is 9.71. The number of amides is 2. The normalized spacial score (nSPS) is 13.7. The van der Waals surface area contributed by atoms with Gasteiger partial charge in [-0.15, -0.1) is 0 Å². The minimum Gasteiger partial charge on any atom is -0.447 e. The maximum atomic E-state index is 13.1. The number of hydrogen-bond donors (Lipinski definition) is 1. The fourth-order valence-corrected chi connectivity index (χ4v) is 2.54. The van der Waals surface area contributed by atoms with Crippen molar-refractivity contribution in [1.82, 2.24) is 0 Å². The molecule has 3 rings (SSSR count). The van der Waals surface area contributed by atoms with Gasteiger partial charge in [-0.05, 0) is 36.4 Å². The van der Waals surface area contributed by atoms with Crippen molar-refractivity contribution in [1.29, 1.82) is 0 Å². The second kappa shape index (κ2) is 7.65. The van der Waals surface area contributed by atoms with Crippen molar-refractivity contribution in [3.05, 3.63) is 70.0 Å². The number of hydrogen-bond acceptors (Lipinski definition) is 5. The van der Waals surface area contributed by atoms with Crippen molar-refractivity contribution in [3.63, 3.8) is 0 Å². The summed E-state index contributed by atoms with van der Waals surface area (Å²) < 4.78 is 18.0. The molecule has 8 nitrogen and oxygen atoms in total. The van der Waals surface area contributed by atoms with Crippen molar-refractivity contribution < 1.29 is 23.6 Å². The van der Waals surface area contributed by atoms with E-state index in [1.165, 1.54) is 17.0 Å². The van der Waals surface area contributed by atoms with Crippen LogP contribution < -0.4 is 10.2 Å². The van der Waals surface area contributed by atoms with E-state index in [-0.39, 0.29) is 5.56 Å². The molecule has 0 aliphatic carbocycles. The molecule has 1 aliphatic rings. The zero-order valence-electron chi connectivity index (χ0n) is 13.9. The van der Waals surface area contributed by atoms with Crippen LogP contribution >= 0.6 is 0 Å². The molecule has 0 bridgehead atoms. The fraction of sp³-hybridized carbons (Fsp3) is 0.111. The van der Waals surface area contributed by atoms with E-state index in [0.717, 1.165) is 18.2 Å². The van der Waals surface area contributed by atoms with E-state index in [2.05, 4.69) is 5.32 Å². The first-order valence-corrected chi connectivity index (χ1v) is 7.91. The Morgan fingerprint density at radius 1 is 1.30 bits per heavy atom. The number of ether oxygens (including phenoxy) is 1. The van der Waals surface area contributed by atoms with Crippen molar-refractivity contribution in [2.24, 2.45) is 0 Å². The fourth-order valence-electron chi connectivity index (χ4n) is 2.54. The molecular formula is C18H14FN3O5. The van der Waals surface area contributed by atoms with Crippen LogP contribution in [0, 0.1) is 15.9 Å². The van der Waals surface area contributed by atoms with Crippen LogP contribution in [0.5, 0.6) is 0 Å². The maximum Gasteiger partial charge on any atom is 0.414 e. The number of nitro benzene ring substituents is 1. The molecule has 1 saturated heterocycles. The van der Waals surface area contributed by atoms with Crippen LogP contribution in [0.15, 0.2) is 48.5 Å². The third kappa shape index (κ3) is 4.27. The SMILES string of the molecule is O=C(C=Cc1ccc(F)cc1[N+](=O)[O-])Nc1cccc(N2CCOC2=O)c1. The van der Waals surface area contributed by atoms with Gasteiger partial charge in [-0.2, -0.15) is 0 Å². The lowest BCUT2D eigenvalue weighted by molar-refractivity contribution is -0.385. The molecule has 0 unspecified atom stereocenters. The first-order chi connectivity index (χ1) is 12.9. The second-order valence-electron chi connectivity index (χ2n) is 5.60. The van der Waals surface area contributed by atoms with Crippen LogP contribution in [0.3, 0.4) is 0 Å². The Balaban J connectivity index is 1.72. The number of cyclic esters (lactones) is 1. The summed E-state index contributed by atoms with van der Waals surface area (Å²) in [4.78, 5) is 35.4. The predicted octanol–water partition coefficient (Wildman–Crippen LogP) is 3.34. The zero-order chi connectivity index (χ0) is 19.4. The van der Waals surface area contributed by atoms with E-state index in [1.807, 2.05) is 0 Å². The van der Waals surface area contributed by atoms with Gasteiger partial charge < -0.3 is 10.1 Å². The summed E-state index contributed by atoms with van der Waals surface area (Å²) in [7, 11) is 0. The predicted molar refractivity (Wildman–Crippen MR) is 95.9 cm³/mol. The highest BCUT2D eigenvalue weighted by atomic mass is 19.1. The highest BCUT2D eigenvalue weighted by molar-refractivity contribution is 6.02. The molecule has 0 aromatic heterocycles. The monoisotopic (exact) mass is 371 g/mol. The van der Waals surface area contributed by atoms with Crippen LogP contribution in [0.25, 0.3) is 6.08 Å². The molecule has 2 aromatic rings. The van der Waals surface area contributed by atoms with Gasteiger partial charge in [-0.25, -0.2) is 9.18 Å². The van der Waals surface area contributed by atoms with Gasteiger partial charge in [0.2, 0.25) is 5.91 Å². The number of nitro groups is 1. The summed E-state index contributed by atoms with van der Waals surface area (Å²) in [5, 5.41) is 13.6. The smallest absolute Gasteiger partial charge is 0.414 e. The maximum absolute atomic E-state index is 13.1. The van der Waals surface area contributed by atoms with Gasteiger partial charge in [0.1, 0.15) is 12.4 Å². The van der Waals surface area contributed by atoms with E-state index in [1.54, 1.807) is 24.3 Å². The highest BCUT2D eigenvalue weighted by Gasteiger charge is 2.23. The van der Waals surface area contributed by atoms with E-state index >= 15 is 0 Å². The lowest BCUT2D eigenvalue weighted by Gasteiger charge is -2.13. The molecule has 0 radical (unpaired) electrons. The number of carbonyl (C=O) groups excluding carboxylic acids is 2.